The van der Waals surface area contributed by atoms with Crippen LogP contribution in [0.3, 0.4) is 0 Å². The largest absolute Gasteiger partial charge is 0.385 e. The number of methoxy groups -OCH3 is 1. The first-order valence-corrected chi connectivity index (χ1v) is 10.2. The summed E-state index contributed by atoms with van der Waals surface area (Å²) in [6, 6.07) is 7.64. The second-order valence-corrected chi connectivity index (χ2v) is 6.73. The van der Waals surface area contributed by atoms with Crippen molar-refractivity contribution in [3.63, 3.8) is 0 Å². The maximum absolute atomic E-state index is 12.1. The first-order valence-electron chi connectivity index (χ1n) is 10.2. The number of amides is 1. The standard InChI is InChI=1S/C21H37N5O2/c1-5-11-23-20(27)19-10-7-9-18(16-19)17-25-21(22-6-2)24-12-14-26(3)13-8-15-28-4/h7,9-10,16H,5-6,8,11-15,17H2,1-4H3,(H,23,27)(H2,22,24,25). The second-order valence-electron chi connectivity index (χ2n) is 6.73. The van der Waals surface area contributed by atoms with Gasteiger partial charge in [0.1, 0.15) is 0 Å². The van der Waals surface area contributed by atoms with Crippen molar-refractivity contribution < 1.29 is 9.53 Å². The van der Waals surface area contributed by atoms with Gasteiger partial charge >= 0.3 is 0 Å². The Morgan fingerprint density at radius 1 is 1.14 bits per heavy atom. The van der Waals surface area contributed by atoms with Crippen molar-refractivity contribution in [1.29, 1.82) is 0 Å². The third-order valence-electron chi connectivity index (χ3n) is 4.16. The molecule has 0 saturated carbocycles. The van der Waals surface area contributed by atoms with Gasteiger partial charge in [0.25, 0.3) is 5.91 Å². The summed E-state index contributed by atoms with van der Waals surface area (Å²) in [6.45, 7) is 9.65. The Hall–Kier alpha value is -2.12. The number of hydrogen-bond donors (Lipinski definition) is 3. The van der Waals surface area contributed by atoms with Crippen LogP contribution in [0.2, 0.25) is 0 Å². The molecular weight excluding hydrogens is 354 g/mol. The van der Waals surface area contributed by atoms with E-state index in [-0.39, 0.29) is 5.91 Å². The van der Waals surface area contributed by atoms with Gasteiger partial charge in [0.05, 0.1) is 6.54 Å². The Balaban J connectivity index is 2.54. The van der Waals surface area contributed by atoms with E-state index in [0.717, 1.165) is 57.2 Å². The van der Waals surface area contributed by atoms with Crippen molar-refractivity contribution in [2.24, 2.45) is 4.99 Å². The van der Waals surface area contributed by atoms with Crippen LogP contribution in [0.25, 0.3) is 0 Å². The zero-order valence-corrected chi connectivity index (χ0v) is 17.9. The molecule has 0 atom stereocenters. The number of rotatable bonds is 13. The van der Waals surface area contributed by atoms with E-state index in [2.05, 4.69) is 32.9 Å². The summed E-state index contributed by atoms with van der Waals surface area (Å²) in [7, 11) is 3.84. The highest BCUT2D eigenvalue weighted by Crippen LogP contribution is 2.07. The van der Waals surface area contributed by atoms with Gasteiger partial charge < -0.3 is 25.6 Å². The van der Waals surface area contributed by atoms with Crippen LogP contribution in [-0.4, -0.2) is 70.3 Å². The van der Waals surface area contributed by atoms with Crippen LogP contribution in [-0.2, 0) is 11.3 Å². The van der Waals surface area contributed by atoms with Crippen LogP contribution in [0.4, 0.5) is 0 Å². The average Bonchev–Trinajstić information content (AvgIpc) is 2.70. The Labute approximate surface area is 169 Å². The van der Waals surface area contributed by atoms with Crippen LogP contribution >= 0.6 is 0 Å². The SMILES string of the molecule is CCCNC(=O)c1cccc(CN=C(NCC)NCCN(C)CCCOC)c1. The molecule has 0 radical (unpaired) electrons. The van der Waals surface area contributed by atoms with E-state index in [1.807, 2.05) is 38.1 Å². The Morgan fingerprint density at radius 2 is 1.96 bits per heavy atom. The number of ether oxygens (including phenoxy) is 1. The molecule has 3 N–H and O–H groups in total. The number of benzene rings is 1. The molecule has 0 bridgehead atoms. The third kappa shape index (κ3) is 10.3. The summed E-state index contributed by atoms with van der Waals surface area (Å²) in [4.78, 5) is 19.0. The molecule has 0 saturated heterocycles. The highest BCUT2D eigenvalue weighted by atomic mass is 16.5. The number of carbonyl (C=O) groups is 1. The zero-order valence-electron chi connectivity index (χ0n) is 17.9. The highest BCUT2D eigenvalue weighted by Gasteiger charge is 2.05. The number of likely N-dealkylation sites (N-methyl/N-ethyl adjacent to an activating group) is 1. The Bertz CT molecular complexity index is 592. The molecule has 1 aromatic carbocycles. The molecule has 158 valence electrons. The van der Waals surface area contributed by atoms with Crippen molar-refractivity contribution in [2.75, 3.05) is 53.5 Å². The predicted octanol–water partition coefficient (Wildman–Crippen LogP) is 1.85. The van der Waals surface area contributed by atoms with Gasteiger partial charge in [0.2, 0.25) is 0 Å². The zero-order chi connectivity index (χ0) is 20.6. The van der Waals surface area contributed by atoms with Crippen molar-refractivity contribution >= 4 is 11.9 Å². The molecular formula is C21H37N5O2. The summed E-state index contributed by atoms with van der Waals surface area (Å²) in [6.07, 6.45) is 1.96. The Kier molecular flexibility index (Phi) is 12.7. The van der Waals surface area contributed by atoms with Crippen molar-refractivity contribution in [3.8, 4) is 0 Å². The summed E-state index contributed by atoms with van der Waals surface area (Å²) in [5.74, 6) is 0.753. The van der Waals surface area contributed by atoms with Gasteiger partial charge in [-0.25, -0.2) is 4.99 Å². The van der Waals surface area contributed by atoms with Crippen molar-refractivity contribution in [1.82, 2.24) is 20.9 Å². The lowest BCUT2D eigenvalue weighted by Gasteiger charge is -2.18. The molecule has 0 aliphatic carbocycles. The van der Waals surface area contributed by atoms with Crippen LogP contribution in [0.5, 0.6) is 0 Å². The minimum atomic E-state index is -0.0331. The number of nitrogens with one attached hydrogen (secondary N) is 3. The molecule has 0 heterocycles. The quantitative estimate of drug-likeness (QED) is 0.272. The van der Waals surface area contributed by atoms with Gasteiger partial charge in [0.15, 0.2) is 5.96 Å². The van der Waals surface area contributed by atoms with Gasteiger partial charge in [-0.1, -0.05) is 19.1 Å². The Morgan fingerprint density at radius 3 is 2.68 bits per heavy atom. The molecule has 0 aliphatic rings. The first-order chi connectivity index (χ1) is 13.6. The maximum atomic E-state index is 12.1. The fraction of sp³-hybridized carbons (Fsp3) is 0.619. The van der Waals surface area contributed by atoms with E-state index in [1.165, 1.54) is 0 Å². The van der Waals surface area contributed by atoms with E-state index in [4.69, 9.17) is 4.74 Å². The first kappa shape index (κ1) is 23.9. The van der Waals surface area contributed by atoms with Crippen LogP contribution in [0, 0.1) is 0 Å². The molecule has 0 aromatic heterocycles. The van der Waals surface area contributed by atoms with E-state index in [1.54, 1.807) is 7.11 Å². The summed E-state index contributed by atoms with van der Waals surface area (Å²) in [5, 5.41) is 9.54. The number of carbonyl (C=O) groups excluding carboxylic acids is 1. The summed E-state index contributed by atoms with van der Waals surface area (Å²) >= 11 is 0. The third-order valence-corrected chi connectivity index (χ3v) is 4.16. The fourth-order valence-electron chi connectivity index (χ4n) is 2.62. The van der Waals surface area contributed by atoms with Crippen LogP contribution in [0.1, 0.15) is 42.6 Å². The van der Waals surface area contributed by atoms with Gasteiger partial charge in [-0.3, -0.25) is 4.79 Å². The molecule has 0 fully saturated rings. The van der Waals surface area contributed by atoms with Gasteiger partial charge in [-0.2, -0.15) is 0 Å². The number of guanidine groups is 1. The van der Waals surface area contributed by atoms with Crippen molar-refractivity contribution in [3.05, 3.63) is 35.4 Å². The predicted molar refractivity (Wildman–Crippen MR) is 116 cm³/mol. The number of hydrogen-bond acceptors (Lipinski definition) is 4. The average molecular weight is 392 g/mol. The normalized spacial score (nSPS) is 11.5. The molecule has 0 unspecified atom stereocenters. The number of nitrogens with zero attached hydrogens (tertiary/aromatic N) is 2. The maximum Gasteiger partial charge on any atom is 0.251 e. The lowest BCUT2D eigenvalue weighted by Crippen LogP contribution is -2.41. The van der Waals surface area contributed by atoms with Crippen LogP contribution < -0.4 is 16.0 Å². The molecule has 0 aliphatic heterocycles. The molecule has 7 heteroatoms. The minimum absolute atomic E-state index is 0.0331. The minimum Gasteiger partial charge on any atom is -0.385 e. The highest BCUT2D eigenvalue weighted by molar-refractivity contribution is 5.94. The fourth-order valence-corrected chi connectivity index (χ4v) is 2.62. The second kappa shape index (κ2) is 14.9. The van der Waals surface area contributed by atoms with Gasteiger partial charge in [-0.15, -0.1) is 0 Å². The molecule has 1 amide bonds. The molecule has 7 nitrogen and oxygen atoms in total. The lowest BCUT2D eigenvalue weighted by atomic mass is 10.1. The van der Waals surface area contributed by atoms with Crippen molar-refractivity contribution in [2.45, 2.75) is 33.2 Å². The van der Waals surface area contributed by atoms with Gasteiger partial charge in [0, 0.05) is 52.0 Å². The van der Waals surface area contributed by atoms with Crippen LogP contribution in [0.15, 0.2) is 29.3 Å². The van der Waals surface area contributed by atoms with E-state index in [0.29, 0.717) is 18.7 Å². The molecule has 28 heavy (non-hydrogen) atoms. The van der Waals surface area contributed by atoms with E-state index < -0.39 is 0 Å². The summed E-state index contributed by atoms with van der Waals surface area (Å²) < 4.78 is 5.09. The molecule has 0 spiro atoms. The topological polar surface area (TPSA) is 78.0 Å². The van der Waals surface area contributed by atoms with Gasteiger partial charge in [-0.05, 0) is 44.5 Å². The van der Waals surface area contributed by atoms with E-state index in [9.17, 15) is 4.79 Å². The molecule has 1 aromatic rings. The summed E-state index contributed by atoms with van der Waals surface area (Å²) in [5.41, 5.74) is 1.69. The van der Waals surface area contributed by atoms with E-state index >= 15 is 0 Å². The lowest BCUT2D eigenvalue weighted by molar-refractivity contribution is 0.0953. The smallest absolute Gasteiger partial charge is 0.251 e. The molecule has 1 rings (SSSR count). The monoisotopic (exact) mass is 391 g/mol. The number of aliphatic imine (C=N–C) groups is 1.